The number of aromatic nitrogens is 3. The lowest BCUT2D eigenvalue weighted by Gasteiger charge is -2.31. The van der Waals surface area contributed by atoms with Gasteiger partial charge in [-0.05, 0) is 49.4 Å². The molecule has 2 aromatic heterocycles. The number of hydrogen-bond donors (Lipinski definition) is 1. The van der Waals surface area contributed by atoms with E-state index in [9.17, 15) is 17.6 Å². The topological polar surface area (TPSA) is 106 Å². The predicted octanol–water partition coefficient (Wildman–Crippen LogP) is 4.13. The van der Waals surface area contributed by atoms with Crippen molar-refractivity contribution in [2.45, 2.75) is 43.4 Å². The second-order valence-electron chi connectivity index (χ2n) is 8.43. The van der Waals surface area contributed by atoms with Gasteiger partial charge in [0.25, 0.3) is 0 Å². The average Bonchev–Trinajstić information content (AvgIpc) is 3.25. The van der Waals surface area contributed by atoms with Crippen LogP contribution in [-0.2, 0) is 14.6 Å². The van der Waals surface area contributed by atoms with Gasteiger partial charge in [-0.2, -0.15) is 0 Å². The van der Waals surface area contributed by atoms with Crippen molar-refractivity contribution in [3.8, 4) is 0 Å². The van der Waals surface area contributed by atoms with Crippen LogP contribution < -0.4 is 5.32 Å². The highest BCUT2D eigenvalue weighted by atomic mass is 32.2. The number of rotatable bonds is 7. The maximum atomic E-state index is 14.5. The van der Waals surface area contributed by atoms with E-state index >= 15 is 0 Å². The third-order valence-electron chi connectivity index (χ3n) is 6.01. The van der Waals surface area contributed by atoms with E-state index in [1.807, 2.05) is 12.3 Å². The van der Waals surface area contributed by atoms with Crippen LogP contribution >= 0.6 is 0 Å². The number of halogens is 1. The highest BCUT2D eigenvalue weighted by Gasteiger charge is 2.27. The monoisotopic (exact) mass is 489 g/mol. The molecule has 1 N–H and O–H groups in total. The Labute approximate surface area is 197 Å². The zero-order chi connectivity index (χ0) is 24.3. The maximum Gasteiger partial charge on any atom is 0.409 e. The summed E-state index contributed by atoms with van der Waals surface area (Å²) in [4.78, 5) is 22.5. The molecule has 0 aliphatic carbocycles. The number of piperidine rings is 1. The van der Waals surface area contributed by atoms with Gasteiger partial charge in [-0.15, -0.1) is 0 Å². The van der Waals surface area contributed by atoms with Gasteiger partial charge in [-0.1, -0.05) is 13.3 Å². The van der Waals surface area contributed by atoms with Gasteiger partial charge in [0, 0.05) is 31.1 Å². The smallest absolute Gasteiger partial charge is 0.409 e. The number of anilines is 2. The van der Waals surface area contributed by atoms with Gasteiger partial charge in [-0.25, -0.2) is 27.6 Å². The Morgan fingerprint density at radius 2 is 2.00 bits per heavy atom. The number of ether oxygens (including phenoxy) is 1. The number of fused-ring (bicyclic) bond motifs is 1. The van der Waals surface area contributed by atoms with Crippen molar-refractivity contribution in [1.29, 1.82) is 0 Å². The number of amides is 1. The number of nitrogens with one attached hydrogen (secondary N) is 1. The largest absolute Gasteiger partial charge is 0.449 e. The van der Waals surface area contributed by atoms with Gasteiger partial charge in [0.05, 0.1) is 17.2 Å². The molecule has 1 amide bonds. The molecule has 4 rings (SSSR count). The van der Waals surface area contributed by atoms with Gasteiger partial charge >= 0.3 is 6.09 Å². The van der Waals surface area contributed by atoms with E-state index in [-0.39, 0.29) is 22.6 Å². The summed E-state index contributed by atoms with van der Waals surface area (Å²) in [6, 6.07) is 5.68. The van der Waals surface area contributed by atoms with Gasteiger partial charge in [0.15, 0.2) is 9.84 Å². The summed E-state index contributed by atoms with van der Waals surface area (Å²) in [7, 11) is -3.51. The van der Waals surface area contributed by atoms with E-state index in [0.717, 1.165) is 43.6 Å². The van der Waals surface area contributed by atoms with E-state index < -0.39 is 15.7 Å². The quantitative estimate of drug-likeness (QED) is 0.497. The lowest BCUT2D eigenvalue weighted by Crippen LogP contribution is -2.38. The number of carbonyl (C=O) groups is 1. The Kier molecular flexibility index (Phi) is 7.01. The normalized spacial score (nSPS) is 15.0. The van der Waals surface area contributed by atoms with Crippen LogP contribution in [0.3, 0.4) is 0 Å². The fourth-order valence-corrected chi connectivity index (χ4v) is 4.71. The fraction of sp³-hybridized carbons (Fsp3) is 0.435. The second-order valence-corrected chi connectivity index (χ2v) is 10.4. The van der Waals surface area contributed by atoms with E-state index in [1.54, 1.807) is 9.30 Å². The van der Waals surface area contributed by atoms with E-state index in [2.05, 4.69) is 22.2 Å². The van der Waals surface area contributed by atoms with E-state index in [0.29, 0.717) is 31.3 Å². The summed E-state index contributed by atoms with van der Waals surface area (Å²) in [5, 5.41) is 2.93. The Balaban J connectivity index is 1.48. The Bertz CT molecular complexity index is 1290. The van der Waals surface area contributed by atoms with E-state index in [4.69, 9.17) is 4.74 Å². The van der Waals surface area contributed by atoms with Crippen LogP contribution in [0, 0.1) is 5.82 Å². The SMILES string of the molecule is CCCCOC(=O)N1CCC(c2ccn3c(Nc4ccc(S(C)(=O)=O)cc4F)ncnc23)CC1. The van der Waals surface area contributed by atoms with Crippen molar-refractivity contribution in [2.75, 3.05) is 31.3 Å². The lowest BCUT2D eigenvalue weighted by atomic mass is 9.91. The number of carbonyl (C=O) groups excluding carboxylic acids is 1. The summed E-state index contributed by atoms with van der Waals surface area (Å²) >= 11 is 0. The summed E-state index contributed by atoms with van der Waals surface area (Å²) < 4.78 is 44.9. The third-order valence-corrected chi connectivity index (χ3v) is 7.12. The minimum Gasteiger partial charge on any atom is -0.449 e. The lowest BCUT2D eigenvalue weighted by molar-refractivity contribution is 0.0916. The fourth-order valence-electron chi connectivity index (χ4n) is 4.07. The molecule has 0 spiro atoms. The van der Waals surface area contributed by atoms with Gasteiger partial charge in [-0.3, -0.25) is 4.40 Å². The molecule has 1 aliphatic heterocycles. The zero-order valence-electron chi connectivity index (χ0n) is 19.2. The van der Waals surface area contributed by atoms with Crippen molar-refractivity contribution in [3.63, 3.8) is 0 Å². The molecule has 0 unspecified atom stereocenters. The highest BCUT2D eigenvalue weighted by molar-refractivity contribution is 7.90. The molecule has 1 saturated heterocycles. The van der Waals surface area contributed by atoms with Crippen molar-refractivity contribution in [2.24, 2.45) is 0 Å². The summed E-state index contributed by atoms with van der Waals surface area (Å²) in [5.41, 5.74) is 1.85. The van der Waals surface area contributed by atoms with Gasteiger partial charge in [0.1, 0.15) is 17.8 Å². The third kappa shape index (κ3) is 5.14. The molecule has 11 heteroatoms. The van der Waals surface area contributed by atoms with Crippen LogP contribution in [0.25, 0.3) is 5.65 Å². The van der Waals surface area contributed by atoms with Gasteiger partial charge < -0.3 is 15.0 Å². The molecule has 1 aromatic carbocycles. The highest BCUT2D eigenvalue weighted by Crippen LogP contribution is 2.32. The molecular formula is C23H28FN5O4S. The number of benzene rings is 1. The number of sulfone groups is 1. The molecule has 3 aromatic rings. The number of hydrogen-bond acceptors (Lipinski definition) is 7. The molecule has 0 saturated carbocycles. The first-order valence-corrected chi connectivity index (χ1v) is 13.2. The predicted molar refractivity (Wildman–Crippen MR) is 126 cm³/mol. The first-order valence-electron chi connectivity index (χ1n) is 11.3. The van der Waals surface area contributed by atoms with Crippen LogP contribution in [0.1, 0.15) is 44.1 Å². The standard InChI is InChI=1S/C23H28FN5O4S/c1-3-4-13-33-23(30)28-10-7-16(8-11-28)18-9-12-29-21(18)25-15-26-22(29)27-20-6-5-17(14-19(20)24)34(2,31)32/h5-6,9,12,14-16H,3-4,7-8,10-11,13H2,1-2H3,(H,25,26,27). The molecule has 9 nitrogen and oxygen atoms in total. The minimum absolute atomic E-state index is 0.0905. The first kappa shape index (κ1) is 23.9. The zero-order valence-corrected chi connectivity index (χ0v) is 20.0. The molecule has 0 atom stereocenters. The molecule has 1 aliphatic rings. The molecule has 0 bridgehead atoms. The van der Waals surface area contributed by atoms with Crippen LogP contribution in [0.2, 0.25) is 0 Å². The Morgan fingerprint density at radius 1 is 1.24 bits per heavy atom. The maximum absolute atomic E-state index is 14.5. The average molecular weight is 490 g/mol. The van der Waals surface area contributed by atoms with Crippen LogP contribution in [0.4, 0.5) is 20.8 Å². The van der Waals surface area contributed by atoms with Crippen molar-refractivity contribution >= 4 is 33.2 Å². The van der Waals surface area contributed by atoms with Gasteiger partial charge in [0.2, 0.25) is 5.95 Å². The molecule has 182 valence electrons. The Morgan fingerprint density at radius 3 is 2.68 bits per heavy atom. The number of nitrogens with zero attached hydrogens (tertiary/aromatic N) is 4. The van der Waals surface area contributed by atoms with E-state index in [1.165, 1.54) is 18.5 Å². The second kappa shape index (κ2) is 9.96. The van der Waals surface area contributed by atoms with Crippen LogP contribution in [0.5, 0.6) is 0 Å². The van der Waals surface area contributed by atoms with Crippen molar-refractivity contribution in [3.05, 3.63) is 48.2 Å². The Hall–Kier alpha value is -3.21. The minimum atomic E-state index is -3.51. The summed E-state index contributed by atoms with van der Waals surface area (Å²) in [6.45, 7) is 3.73. The van der Waals surface area contributed by atoms with Crippen molar-refractivity contribution < 1.29 is 22.3 Å². The molecular weight excluding hydrogens is 461 g/mol. The van der Waals surface area contributed by atoms with Crippen molar-refractivity contribution in [1.82, 2.24) is 19.3 Å². The molecule has 34 heavy (non-hydrogen) atoms. The number of unbranched alkanes of at least 4 members (excludes halogenated alkanes) is 1. The summed E-state index contributed by atoms with van der Waals surface area (Å²) in [6.07, 6.45) is 7.42. The van der Waals surface area contributed by atoms with Crippen LogP contribution in [0.15, 0.2) is 41.7 Å². The number of likely N-dealkylation sites (tertiary alicyclic amines) is 1. The first-order chi connectivity index (χ1) is 16.3. The molecule has 0 radical (unpaired) electrons. The summed E-state index contributed by atoms with van der Waals surface area (Å²) in [5.74, 6) is -0.113. The van der Waals surface area contributed by atoms with Crippen LogP contribution in [-0.4, -0.2) is 59.7 Å². The molecule has 1 fully saturated rings. The molecule has 3 heterocycles.